The molecule has 4 rings (SSSR count). The Morgan fingerprint density at radius 1 is 1.04 bits per heavy atom. The van der Waals surface area contributed by atoms with E-state index >= 15 is 0 Å². The number of nitrogens with zero attached hydrogens (tertiary/aromatic N) is 6. The van der Waals surface area contributed by atoms with Crippen LogP contribution in [0, 0.1) is 0 Å². The van der Waals surface area contributed by atoms with Crippen LogP contribution in [0.15, 0.2) is 60.9 Å². The van der Waals surface area contributed by atoms with Gasteiger partial charge in [0, 0.05) is 53.1 Å². The number of hydrogen-bond donors (Lipinski definition) is 1. The van der Waals surface area contributed by atoms with Crippen LogP contribution in [0.4, 0.5) is 5.82 Å². The van der Waals surface area contributed by atoms with Gasteiger partial charge < -0.3 is 5.32 Å². The SMILES string of the molecule is O=C(Cn1cc(-c2cnsc2)cn1)Nc1ccc(-c2cnccn2)cn1. The van der Waals surface area contributed by atoms with Crippen LogP contribution >= 0.6 is 11.5 Å². The van der Waals surface area contributed by atoms with Gasteiger partial charge in [-0.3, -0.25) is 19.4 Å². The first-order chi connectivity index (χ1) is 12.8. The van der Waals surface area contributed by atoms with Gasteiger partial charge in [0.25, 0.3) is 0 Å². The highest BCUT2D eigenvalue weighted by Gasteiger charge is 2.08. The summed E-state index contributed by atoms with van der Waals surface area (Å²) in [6, 6.07) is 3.57. The summed E-state index contributed by atoms with van der Waals surface area (Å²) in [6.45, 7) is 0.102. The minimum Gasteiger partial charge on any atom is -0.309 e. The van der Waals surface area contributed by atoms with Crippen molar-refractivity contribution in [2.75, 3.05) is 5.32 Å². The summed E-state index contributed by atoms with van der Waals surface area (Å²) in [7, 11) is 0. The number of carbonyl (C=O) groups is 1. The lowest BCUT2D eigenvalue weighted by Gasteiger charge is -2.05. The highest BCUT2D eigenvalue weighted by Crippen LogP contribution is 2.19. The smallest absolute Gasteiger partial charge is 0.247 e. The van der Waals surface area contributed by atoms with E-state index in [2.05, 4.69) is 29.7 Å². The molecule has 0 saturated carbocycles. The molecule has 1 amide bonds. The topological polar surface area (TPSA) is 98.5 Å². The van der Waals surface area contributed by atoms with Crippen molar-refractivity contribution in [1.29, 1.82) is 0 Å². The summed E-state index contributed by atoms with van der Waals surface area (Å²) in [6.07, 6.45) is 11.8. The Hall–Kier alpha value is -3.46. The average Bonchev–Trinajstić information content (AvgIpc) is 3.35. The van der Waals surface area contributed by atoms with Crippen LogP contribution in [0.2, 0.25) is 0 Å². The summed E-state index contributed by atoms with van der Waals surface area (Å²) in [5.41, 5.74) is 3.47. The Balaban J connectivity index is 1.39. The Morgan fingerprint density at radius 2 is 2.00 bits per heavy atom. The number of amides is 1. The first-order valence-corrected chi connectivity index (χ1v) is 8.56. The fourth-order valence-corrected chi connectivity index (χ4v) is 2.89. The van der Waals surface area contributed by atoms with Gasteiger partial charge in [0.1, 0.15) is 12.4 Å². The van der Waals surface area contributed by atoms with E-state index < -0.39 is 0 Å². The molecule has 128 valence electrons. The van der Waals surface area contributed by atoms with Crippen LogP contribution in [0.5, 0.6) is 0 Å². The third-order valence-electron chi connectivity index (χ3n) is 3.59. The predicted octanol–water partition coefficient (Wildman–Crippen LogP) is 2.50. The van der Waals surface area contributed by atoms with Gasteiger partial charge >= 0.3 is 0 Å². The molecule has 0 aliphatic heterocycles. The number of nitrogens with one attached hydrogen (secondary N) is 1. The fourth-order valence-electron chi connectivity index (χ4n) is 2.34. The molecule has 4 aromatic rings. The van der Waals surface area contributed by atoms with Crippen molar-refractivity contribution in [2.24, 2.45) is 0 Å². The molecule has 0 spiro atoms. The van der Waals surface area contributed by atoms with Crippen molar-refractivity contribution in [3.8, 4) is 22.4 Å². The van der Waals surface area contributed by atoms with Crippen molar-refractivity contribution >= 4 is 23.3 Å². The van der Waals surface area contributed by atoms with E-state index in [1.807, 2.05) is 17.6 Å². The second-order valence-corrected chi connectivity index (χ2v) is 6.07. The number of rotatable bonds is 5. The molecule has 4 heterocycles. The molecule has 9 heteroatoms. The molecule has 0 aromatic carbocycles. The highest BCUT2D eigenvalue weighted by atomic mass is 32.1. The van der Waals surface area contributed by atoms with Crippen LogP contribution in [0.1, 0.15) is 0 Å². The monoisotopic (exact) mass is 363 g/mol. The standard InChI is InChI=1S/C17H13N7OS/c25-17(10-24-9-13(6-21-24)14-7-22-26-11-14)23-16-2-1-12(5-20-16)15-8-18-3-4-19-15/h1-9,11H,10H2,(H,20,23,25). The van der Waals surface area contributed by atoms with E-state index in [0.29, 0.717) is 5.82 Å². The second-order valence-electron chi connectivity index (χ2n) is 5.41. The van der Waals surface area contributed by atoms with Gasteiger partial charge in [-0.2, -0.15) is 5.10 Å². The summed E-state index contributed by atoms with van der Waals surface area (Å²) in [5, 5.41) is 8.90. The molecule has 0 saturated heterocycles. The molecule has 8 nitrogen and oxygen atoms in total. The lowest BCUT2D eigenvalue weighted by molar-refractivity contribution is -0.116. The van der Waals surface area contributed by atoms with Crippen molar-refractivity contribution in [1.82, 2.24) is 29.1 Å². The number of anilines is 1. The fraction of sp³-hybridized carbons (Fsp3) is 0.0588. The Labute approximate surface area is 152 Å². The number of pyridine rings is 1. The molecule has 0 unspecified atom stereocenters. The van der Waals surface area contributed by atoms with Crippen molar-refractivity contribution in [3.63, 3.8) is 0 Å². The molecular weight excluding hydrogens is 350 g/mol. The minimum atomic E-state index is -0.206. The molecule has 0 aliphatic rings. The van der Waals surface area contributed by atoms with Gasteiger partial charge in [0.05, 0.1) is 18.1 Å². The Bertz CT molecular complexity index is 997. The molecule has 0 radical (unpaired) electrons. The molecule has 26 heavy (non-hydrogen) atoms. The third-order valence-corrected chi connectivity index (χ3v) is 4.18. The Morgan fingerprint density at radius 3 is 2.73 bits per heavy atom. The van der Waals surface area contributed by atoms with E-state index in [-0.39, 0.29) is 12.5 Å². The zero-order valence-electron chi connectivity index (χ0n) is 13.5. The quantitative estimate of drug-likeness (QED) is 0.585. The summed E-state index contributed by atoms with van der Waals surface area (Å²) in [4.78, 5) is 24.7. The van der Waals surface area contributed by atoms with E-state index in [4.69, 9.17) is 0 Å². The average molecular weight is 363 g/mol. The number of aromatic nitrogens is 6. The Kier molecular flexibility index (Phi) is 4.44. The zero-order chi connectivity index (χ0) is 17.8. The number of hydrogen-bond acceptors (Lipinski definition) is 7. The third kappa shape index (κ3) is 3.62. The van der Waals surface area contributed by atoms with E-state index in [1.165, 1.54) is 11.5 Å². The molecule has 4 aromatic heterocycles. The second kappa shape index (κ2) is 7.19. The molecule has 0 fully saturated rings. The van der Waals surface area contributed by atoms with Crippen LogP contribution < -0.4 is 5.32 Å². The largest absolute Gasteiger partial charge is 0.309 e. The first-order valence-electron chi connectivity index (χ1n) is 7.72. The van der Waals surface area contributed by atoms with E-state index in [1.54, 1.807) is 47.9 Å². The lowest BCUT2D eigenvalue weighted by atomic mass is 10.2. The summed E-state index contributed by atoms with van der Waals surface area (Å²) >= 11 is 1.38. The van der Waals surface area contributed by atoms with Gasteiger partial charge in [-0.25, -0.2) is 9.36 Å². The molecule has 0 atom stereocenters. The van der Waals surface area contributed by atoms with Crippen molar-refractivity contribution < 1.29 is 4.79 Å². The summed E-state index contributed by atoms with van der Waals surface area (Å²) in [5.74, 6) is 0.264. The molecule has 0 bridgehead atoms. The molecule has 0 aliphatic carbocycles. The maximum absolute atomic E-state index is 12.2. The van der Waals surface area contributed by atoms with E-state index in [0.717, 1.165) is 22.4 Å². The minimum absolute atomic E-state index is 0.102. The van der Waals surface area contributed by atoms with Crippen LogP contribution in [-0.2, 0) is 11.3 Å². The lowest BCUT2D eigenvalue weighted by Crippen LogP contribution is -2.19. The van der Waals surface area contributed by atoms with Crippen molar-refractivity contribution in [3.05, 3.63) is 60.9 Å². The highest BCUT2D eigenvalue weighted by molar-refractivity contribution is 7.03. The zero-order valence-corrected chi connectivity index (χ0v) is 14.3. The summed E-state index contributed by atoms with van der Waals surface area (Å²) < 4.78 is 5.64. The maximum Gasteiger partial charge on any atom is 0.247 e. The first kappa shape index (κ1) is 16.0. The van der Waals surface area contributed by atoms with Gasteiger partial charge in [0.15, 0.2) is 0 Å². The normalized spacial score (nSPS) is 10.6. The molecular formula is C17H13N7OS. The van der Waals surface area contributed by atoms with Crippen molar-refractivity contribution in [2.45, 2.75) is 6.54 Å². The number of carbonyl (C=O) groups excluding carboxylic acids is 1. The molecule has 1 N–H and O–H groups in total. The van der Waals surface area contributed by atoms with Gasteiger partial charge in [-0.05, 0) is 23.7 Å². The van der Waals surface area contributed by atoms with Crippen LogP contribution in [-0.4, -0.2) is 35.0 Å². The van der Waals surface area contributed by atoms with Crippen LogP contribution in [0.25, 0.3) is 22.4 Å². The van der Waals surface area contributed by atoms with Crippen LogP contribution in [0.3, 0.4) is 0 Å². The van der Waals surface area contributed by atoms with E-state index in [9.17, 15) is 4.79 Å². The van der Waals surface area contributed by atoms with Gasteiger partial charge in [-0.15, -0.1) is 0 Å². The van der Waals surface area contributed by atoms with Gasteiger partial charge in [-0.1, -0.05) is 0 Å². The predicted molar refractivity (Wildman–Crippen MR) is 97.2 cm³/mol. The maximum atomic E-state index is 12.2. The van der Waals surface area contributed by atoms with Gasteiger partial charge in [0.2, 0.25) is 5.91 Å².